The number of fused-ring (bicyclic) bond motifs is 1. The van der Waals surface area contributed by atoms with Gasteiger partial charge in [0.05, 0.1) is 0 Å². The molecule has 6 heteroatoms. The fourth-order valence-electron chi connectivity index (χ4n) is 3.65. The summed E-state index contributed by atoms with van der Waals surface area (Å²) < 4.78 is 10.6. The van der Waals surface area contributed by atoms with Crippen LogP contribution in [0.4, 0.5) is 5.69 Å². The third-order valence-corrected chi connectivity index (χ3v) is 5.35. The van der Waals surface area contributed by atoms with Crippen molar-refractivity contribution in [3.05, 3.63) is 18.2 Å². The first kappa shape index (κ1) is 19.5. The summed E-state index contributed by atoms with van der Waals surface area (Å²) in [6.07, 6.45) is 7.87. The van der Waals surface area contributed by atoms with Gasteiger partial charge in [-0.3, -0.25) is 9.59 Å². The maximum absolute atomic E-state index is 12.5. The van der Waals surface area contributed by atoms with E-state index in [-0.39, 0.29) is 24.5 Å². The Kier molecular flexibility index (Phi) is 6.96. The van der Waals surface area contributed by atoms with Gasteiger partial charge in [0.2, 0.25) is 18.6 Å². The zero-order valence-electron chi connectivity index (χ0n) is 16.2. The summed E-state index contributed by atoms with van der Waals surface area (Å²) in [5, 5.41) is 2.96. The largest absolute Gasteiger partial charge is 0.454 e. The van der Waals surface area contributed by atoms with Crippen LogP contribution < -0.4 is 14.8 Å². The molecule has 1 saturated heterocycles. The molecule has 6 nitrogen and oxygen atoms in total. The molecule has 0 saturated carbocycles. The summed E-state index contributed by atoms with van der Waals surface area (Å²) in [7, 11) is 0. The number of piperidine rings is 1. The van der Waals surface area contributed by atoms with Crippen molar-refractivity contribution >= 4 is 17.5 Å². The van der Waals surface area contributed by atoms with Crippen LogP contribution in [0.2, 0.25) is 0 Å². The van der Waals surface area contributed by atoms with Crippen LogP contribution in [-0.4, -0.2) is 36.6 Å². The SMILES string of the molecule is CCCCCCCC(=O)N1CCC(C(=O)Nc2ccc3c(c2)OCO3)CC1. The highest BCUT2D eigenvalue weighted by Gasteiger charge is 2.27. The molecule has 3 rings (SSSR count). The number of carbonyl (C=O) groups excluding carboxylic acids is 2. The van der Waals surface area contributed by atoms with Gasteiger partial charge < -0.3 is 19.7 Å². The van der Waals surface area contributed by atoms with Gasteiger partial charge in [-0.05, 0) is 31.4 Å². The lowest BCUT2D eigenvalue weighted by Gasteiger charge is -2.31. The van der Waals surface area contributed by atoms with Crippen LogP contribution in [0.15, 0.2) is 18.2 Å². The van der Waals surface area contributed by atoms with Crippen LogP contribution in [0.3, 0.4) is 0 Å². The Morgan fingerprint density at radius 2 is 1.81 bits per heavy atom. The molecule has 1 N–H and O–H groups in total. The smallest absolute Gasteiger partial charge is 0.231 e. The number of nitrogens with one attached hydrogen (secondary N) is 1. The van der Waals surface area contributed by atoms with Crippen LogP contribution in [0.1, 0.15) is 58.3 Å². The summed E-state index contributed by atoms with van der Waals surface area (Å²) in [4.78, 5) is 26.8. The molecule has 1 aromatic carbocycles. The molecular weight excluding hydrogens is 344 g/mol. The number of anilines is 1. The van der Waals surface area contributed by atoms with E-state index in [0.717, 1.165) is 31.4 Å². The molecule has 2 heterocycles. The second-order valence-electron chi connectivity index (χ2n) is 7.38. The molecule has 27 heavy (non-hydrogen) atoms. The number of ether oxygens (including phenoxy) is 2. The average Bonchev–Trinajstić information content (AvgIpc) is 3.15. The Hall–Kier alpha value is -2.24. The molecule has 0 unspecified atom stereocenters. The summed E-state index contributed by atoms with van der Waals surface area (Å²) in [5.41, 5.74) is 0.717. The van der Waals surface area contributed by atoms with Crippen molar-refractivity contribution in [2.45, 2.75) is 58.3 Å². The van der Waals surface area contributed by atoms with Crippen LogP contribution in [0.25, 0.3) is 0 Å². The molecule has 1 fully saturated rings. The van der Waals surface area contributed by atoms with Gasteiger partial charge in [0.15, 0.2) is 11.5 Å². The predicted octanol–water partition coefficient (Wildman–Crippen LogP) is 3.95. The number of carbonyl (C=O) groups is 2. The molecular formula is C21H30N2O4. The molecule has 0 atom stereocenters. The van der Waals surface area contributed by atoms with Gasteiger partial charge in [0.1, 0.15) is 0 Å². The van der Waals surface area contributed by atoms with E-state index < -0.39 is 0 Å². The number of benzene rings is 1. The van der Waals surface area contributed by atoms with Crippen LogP contribution in [0, 0.1) is 5.92 Å². The summed E-state index contributed by atoms with van der Waals surface area (Å²) >= 11 is 0. The molecule has 2 aliphatic rings. The molecule has 1 aromatic rings. The second kappa shape index (κ2) is 9.62. The first-order chi connectivity index (χ1) is 13.2. The maximum Gasteiger partial charge on any atom is 0.231 e. The summed E-state index contributed by atoms with van der Waals surface area (Å²) in [5.74, 6) is 1.56. The molecule has 0 spiro atoms. The Morgan fingerprint density at radius 3 is 2.59 bits per heavy atom. The first-order valence-electron chi connectivity index (χ1n) is 10.2. The predicted molar refractivity (Wildman–Crippen MR) is 104 cm³/mol. The zero-order chi connectivity index (χ0) is 19.1. The van der Waals surface area contributed by atoms with Crippen molar-refractivity contribution in [2.24, 2.45) is 5.92 Å². The minimum atomic E-state index is -0.0518. The van der Waals surface area contributed by atoms with Gasteiger partial charge in [-0.15, -0.1) is 0 Å². The third-order valence-electron chi connectivity index (χ3n) is 5.35. The molecule has 2 aliphatic heterocycles. The normalized spacial score (nSPS) is 16.4. The fraction of sp³-hybridized carbons (Fsp3) is 0.619. The average molecular weight is 374 g/mol. The summed E-state index contributed by atoms with van der Waals surface area (Å²) in [6, 6.07) is 5.42. The minimum absolute atomic E-state index is 0.0144. The van der Waals surface area contributed by atoms with E-state index in [1.54, 1.807) is 12.1 Å². The van der Waals surface area contributed by atoms with Gasteiger partial charge in [-0.2, -0.15) is 0 Å². The van der Waals surface area contributed by atoms with Crippen LogP contribution in [0.5, 0.6) is 11.5 Å². The van der Waals surface area contributed by atoms with E-state index in [0.29, 0.717) is 31.0 Å². The van der Waals surface area contributed by atoms with Crippen molar-refractivity contribution in [2.75, 3.05) is 25.2 Å². The number of likely N-dealkylation sites (tertiary alicyclic amines) is 1. The lowest BCUT2D eigenvalue weighted by molar-refractivity contribution is -0.134. The number of unbranched alkanes of at least 4 members (excludes halogenated alkanes) is 4. The van der Waals surface area contributed by atoms with Crippen molar-refractivity contribution in [1.82, 2.24) is 4.90 Å². The second-order valence-corrected chi connectivity index (χ2v) is 7.38. The van der Waals surface area contributed by atoms with Crippen molar-refractivity contribution in [1.29, 1.82) is 0 Å². The molecule has 0 aliphatic carbocycles. The standard InChI is InChI=1S/C21H30N2O4/c1-2-3-4-5-6-7-20(24)23-12-10-16(11-13-23)21(25)22-17-8-9-18-19(14-17)27-15-26-18/h8-9,14,16H,2-7,10-13,15H2,1H3,(H,22,25). The topological polar surface area (TPSA) is 67.9 Å². The van der Waals surface area contributed by atoms with Crippen molar-refractivity contribution < 1.29 is 19.1 Å². The quantitative estimate of drug-likeness (QED) is 0.700. The lowest BCUT2D eigenvalue weighted by atomic mass is 9.95. The monoisotopic (exact) mass is 374 g/mol. The van der Waals surface area contributed by atoms with E-state index in [1.807, 2.05) is 11.0 Å². The third kappa shape index (κ3) is 5.37. The summed E-state index contributed by atoms with van der Waals surface area (Å²) in [6.45, 7) is 3.76. The van der Waals surface area contributed by atoms with Gasteiger partial charge in [0.25, 0.3) is 0 Å². The van der Waals surface area contributed by atoms with Gasteiger partial charge in [-0.1, -0.05) is 32.6 Å². The van der Waals surface area contributed by atoms with Crippen LogP contribution >= 0.6 is 0 Å². The van der Waals surface area contributed by atoms with E-state index in [2.05, 4.69) is 12.2 Å². The van der Waals surface area contributed by atoms with E-state index in [1.165, 1.54) is 19.3 Å². The Bertz CT molecular complexity index is 654. The minimum Gasteiger partial charge on any atom is -0.454 e. The molecule has 148 valence electrons. The number of hydrogen-bond acceptors (Lipinski definition) is 4. The van der Waals surface area contributed by atoms with Crippen molar-refractivity contribution in [3.8, 4) is 11.5 Å². The Morgan fingerprint density at radius 1 is 1.07 bits per heavy atom. The molecule has 0 bridgehead atoms. The molecule has 2 amide bonds. The number of rotatable bonds is 8. The van der Waals surface area contributed by atoms with Gasteiger partial charge >= 0.3 is 0 Å². The first-order valence-corrected chi connectivity index (χ1v) is 10.2. The molecule has 0 aromatic heterocycles. The van der Waals surface area contributed by atoms with E-state index >= 15 is 0 Å². The highest BCUT2D eigenvalue weighted by molar-refractivity contribution is 5.93. The van der Waals surface area contributed by atoms with Crippen LogP contribution in [-0.2, 0) is 9.59 Å². The maximum atomic E-state index is 12.5. The zero-order valence-corrected chi connectivity index (χ0v) is 16.2. The number of amides is 2. The Balaban J connectivity index is 1.39. The highest BCUT2D eigenvalue weighted by atomic mass is 16.7. The molecule has 0 radical (unpaired) electrons. The van der Waals surface area contributed by atoms with E-state index in [9.17, 15) is 9.59 Å². The van der Waals surface area contributed by atoms with Crippen molar-refractivity contribution in [3.63, 3.8) is 0 Å². The van der Waals surface area contributed by atoms with E-state index in [4.69, 9.17) is 9.47 Å². The number of hydrogen-bond donors (Lipinski definition) is 1. The lowest BCUT2D eigenvalue weighted by Crippen LogP contribution is -2.41. The van der Waals surface area contributed by atoms with Gasteiger partial charge in [0, 0.05) is 37.2 Å². The fourth-order valence-corrected chi connectivity index (χ4v) is 3.65. The number of nitrogens with zero attached hydrogens (tertiary/aromatic N) is 1. The highest BCUT2D eigenvalue weighted by Crippen LogP contribution is 2.34. The van der Waals surface area contributed by atoms with Gasteiger partial charge in [-0.25, -0.2) is 0 Å². The Labute approximate surface area is 161 Å².